The van der Waals surface area contributed by atoms with Crippen molar-refractivity contribution in [3.63, 3.8) is 0 Å². The Morgan fingerprint density at radius 1 is 1.21 bits per heavy atom. The van der Waals surface area contributed by atoms with Gasteiger partial charge in [-0.05, 0) is 44.2 Å². The summed E-state index contributed by atoms with van der Waals surface area (Å²) in [6.45, 7) is 5.17. The molecule has 3 nitrogen and oxygen atoms in total. The molecule has 1 aromatic carbocycles. The number of aryl methyl sites for hydroxylation is 1. The normalized spacial score (nSPS) is 12.6. The van der Waals surface area contributed by atoms with Crippen LogP contribution in [0.5, 0.6) is 0 Å². The monoisotopic (exact) mass is 265 g/mol. The van der Waals surface area contributed by atoms with E-state index in [0.29, 0.717) is 5.92 Å². The summed E-state index contributed by atoms with van der Waals surface area (Å²) in [7, 11) is 1.71. The van der Waals surface area contributed by atoms with Gasteiger partial charge in [0.1, 0.15) is 0 Å². The summed E-state index contributed by atoms with van der Waals surface area (Å²) in [6.07, 6.45) is 3.03. The Kier molecular flexibility index (Phi) is 8.47. The molecule has 1 unspecified atom stereocenters. The van der Waals surface area contributed by atoms with Crippen LogP contribution in [0.3, 0.4) is 0 Å². The maximum absolute atomic E-state index is 5.85. The standard InChI is InChI=1S/C16H27NO2/c1-14-5-3-6-15(11-14)12-16(13-17)7-10-19-9-4-8-18-2/h3,5-6,11,16H,4,7-10,12-13,17H2,1-2H3. The zero-order valence-electron chi connectivity index (χ0n) is 12.2. The van der Waals surface area contributed by atoms with E-state index in [1.807, 2.05) is 0 Å². The highest BCUT2D eigenvalue weighted by atomic mass is 16.5. The Bertz CT molecular complexity index is 341. The van der Waals surface area contributed by atoms with Crippen LogP contribution in [-0.2, 0) is 15.9 Å². The van der Waals surface area contributed by atoms with Crippen molar-refractivity contribution < 1.29 is 9.47 Å². The van der Waals surface area contributed by atoms with Crippen LogP contribution < -0.4 is 5.73 Å². The second kappa shape index (κ2) is 9.96. The van der Waals surface area contributed by atoms with Crippen LogP contribution in [0.4, 0.5) is 0 Å². The summed E-state index contributed by atoms with van der Waals surface area (Å²) < 4.78 is 10.6. The van der Waals surface area contributed by atoms with Gasteiger partial charge >= 0.3 is 0 Å². The van der Waals surface area contributed by atoms with Crippen LogP contribution in [0.2, 0.25) is 0 Å². The number of benzene rings is 1. The van der Waals surface area contributed by atoms with Gasteiger partial charge in [0.25, 0.3) is 0 Å². The fourth-order valence-corrected chi connectivity index (χ4v) is 2.13. The molecule has 2 N–H and O–H groups in total. The fraction of sp³-hybridized carbons (Fsp3) is 0.625. The van der Waals surface area contributed by atoms with Crippen LogP contribution >= 0.6 is 0 Å². The third kappa shape index (κ3) is 7.31. The van der Waals surface area contributed by atoms with E-state index in [-0.39, 0.29) is 0 Å². The van der Waals surface area contributed by atoms with E-state index in [1.54, 1.807) is 7.11 Å². The van der Waals surface area contributed by atoms with E-state index in [9.17, 15) is 0 Å². The van der Waals surface area contributed by atoms with Gasteiger partial charge in [-0.3, -0.25) is 0 Å². The third-order valence-electron chi connectivity index (χ3n) is 3.25. The van der Waals surface area contributed by atoms with Gasteiger partial charge in [0, 0.05) is 26.9 Å². The van der Waals surface area contributed by atoms with E-state index < -0.39 is 0 Å². The number of hydrogen-bond acceptors (Lipinski definition) is 3. The highest BCUT2D eigenvalue weighted by Crippen LogP contribution is 2.13. The Labute approximate surface area is 117 Å². The van der Waals surface area contributed by atoms with Crippen molar-refractivity contribution in [3.05, 3.63) is 35.4 Å². The minimum absolute atomic E-state index is 0.504. The average Bonchev–Trinajstić information content (AvgIpc) is 2.41. The molecule has 0 aliphatic rings. The summed E-state index contributed by atoms with van der Waals surface area (Å²) in [5.41, 5.74) is 8.53. The molecule has 0 amide bonds. The smallest absolute Gasteiger partial charge is 0.0487 e. The molecule has 3 heteroatoms. The topological polar surface area (TPSA) is 44.5 Å². The van der Waals surface area contributed by atoms with E-state index in [4.69, 9.17) is 15.2 Å². The second-order valence-corrected chi connectivity index (χ2v) is 5.04. The lowest BCUT2D eigenvalue weighted by Crippen LogP contribution is -2.19. The molecular formula is C16H27NO2. The van der Waals surface area contributed by atoms with Crippen LogP contribution in [0.1, 0.15) is 24.0 Å². The molecule has 1 aromatic rings. The number of hydrogen-bond donors (Lipinski definition) is 1. The highest BCUT2D eigenvalue weighted by Gasteiger charge is 2.08. The third-order valence-corrected chi connectivity index (χ3v) is 3.25. The second-order valence-electron chi connectivity index (χ2n) is 5.04. The predicted octanol–water partition coefficient (Wildman–Crippen LogP) is 2.56. The first-order chi connectivity index (χ1) is 9.26. The summed E-state index contributed by atoms with van der Waals surface area (Å²) in [5.74, 6) is 0.504. The van der Waals surface area contributed by atoms with Gasteiger partial charge in [-0.15, -0.1) is 0 Å². The lowest BCUT2D eigenvalue weighted by molar-refractivity contribution is 0.0942. The van der Waals surface area contributed by atoms with Gasteiger partial charge in [0.05, 0.1) is 0 Å². The van der Waals surface area contributed by atoms with Gasteiger partial charge in [-0.1, -0.05) is 29.8 Å². The first kappa shape index (κ1) is 16.2. The Morgan fingerprint density at radius 3 is 2.74 bits per heavy atom. The predicted molar refractivity (Wildman–Crippen MR) is 79.4 cm³/mol. The maximum atomic E-state index is 5.85. The quantitative estimate of drug-likeness (QED) is 0.661. The van der Waals surface area contributed by atoms with Crippen molar-refractivity contribution in [2.24, 2.45) is 11.7 Å². The first-order valence-electron chi connectivity index (χ1n) is 7.08. The van der Waals surface area contributed by atoms with E-state index in [2.05, 4.69) is 31.2 Å². The lowest BCUT2D eigenvalue weighted by Gasteiger charge is -2.15. The molecule has 0 saturated carbocycles. The molecule has 0 aromatic heterocycles. The molecule has 1 rings (SSSR count). The molecule has 19 heavy (non-hydrogen) atoms. The average molecular weight is 265 g/mol. The Morgan fingerprint density at radius 2 is 2.05 bits per heavy atom. The molecule has 0 aliphatic carbocycles. The zero-order chi connectivity index (χ0) is 13.9. The number of nitrogens with two attached hydrogens (primary N) is 1. The Balaban J connectivity index is 2.22. The van der Waals surface area contributed by atoms with Crippen molar-refractivity contribution in [2.75, 3.05) is 33.5 Å². The van der Waals surface area contributed by atoms with Crippen LogP contribution in [0, 0.1) is 12.8 Å². The van der Waals surface area contributed by atoms with E-state index in [1.165, 1.54) is 11.1 Å². The van der Waals surface area contributed by atoms with Crippen LogP contribution in [-0.4, -0.2) is 33.5 Å². The molecule has 1 atom stereocenters. The Hall–Kier alpha value is -0.900. The fourth-order valence-electron chi connectivity index (χ4n) is 2.13. The SMILES string of the molecule is COCCCOCCC(CN)Cc1cccc(C)c1. The van der Waals surface area contributed by atoms with Gasteiger partial charge < -0.3 is 15.2 Å². The molecule has 0 bridgehead atoms. The number of methoxy groups -OCH3 is 1. The van der Waals surface area contributed by atoms with Gasteiger partial charge in [0.2, 0.25) is 0 Å². The van der Waals surface area contributed by atoms with Crippen molar-refractivity contribution in [3.8, 4) is 0 Å². The largest absolute Gasteiger partial charge is 0.385 e. The molecule has 0 aliphatic heterocycles. The molecule has 0 fully saturated rings. The van der Waals surface area contributed by atoms with Crippen molar-refractivity contribution in [1.82, 2.24) is 0 Å². The summed E-state index contributed by atoms with van der Waals surface area (Å²) in [4.78, 5) is 0. The van der Waals surface area contributed by atoms with E-state index >= 15 is 0 Å². The highest BCUT2D eigenvalue weighted by molar-refractivity contribution is 5.22. The lowest BCUT2D eigenvalue weighted by atomic mass is 9.96. The van der Waals surface area contributed by atoms with Gasteiger partial charge in [-0.2, -0.15) is 0 Å². The van der Waals surface area contributed by atoms with Gasteiger partial charge in [0.15, 0.2) is 0 Å². The zero-order valence-corrected chi connectivity index (χ0v) is 12.2. The number of rotatable bonds is 10. The summed E-state index contributed by atoms with van der Waals surface area (Å²) in [6, 6.07) is 8.65. The summed E-state index contributed by atoms with van der Waals surface area (Å²) >= 11 is 0. The minimum Gasteiger partial charge on any atom is -0.385 e. The minimum atomic E-state index is 0.504. The molecule has 0 spiro atoms. The van der Waals surface area contributed by atoms with Crippen molar-refractivity contribution >= 4 is 0 Å². The molecule has 0 heterocycles. The maximum Gasteiger partial charge on any atom is 0.0487 e. The molecule has 0 radical (unpaired) electrons. The van der Waals surface area contributed by atoms with Gasteiger partial charge in [-0.25, -0.2) is 0 Å². The number of ether oxygens (including phenoxy) is 2. The van der Waals surface area contributed by atoms with Crippen molar-refractivity contribution in [2.45, 2.75) is 26.2 Å². The molecular weight excluding hydrogens is 238 g/mol. The molecule has 108 valence electrons. The first-order valence-corrected chi connectivity index (χ1v) is 7.08. The van der Waals surface area contributed by atoms with E-state index in [0.717, 1.165) is 45.6 Å². The molecule has 0 saturated heterocycles. The van der Waals surface area contributed by atoms with Crippen LogP contribution in [0.25, 0.3) is 0 Å². The summed E-state index contributed by atoms with van der Waals surface area (Å²) in [5, 5.41) is 0. The van der Waals surface area contributed by atoms with Crippen LogP contribution in [0.15, 0.2) is 24.3 Å². The van der Waals surface area contributed by atoms with Crippen molar-refractivity contribution in [1.29, 1.82) is 0 Å².